The number of hydrogen-bond donors (Lipinski definition) is 1. The van der Waals surface area contributed by atoms with E-state index in [2.05, 4.69) is 31.2 Å². The Kier molecular flexibility index (Phi) is 5.40. The molecule has 0 spiro atoms. The van der Waals surface area contributed by atoms with Gasteiger partial charge in [-0.15, -0.1) is 0 Å². The molecule has 1 amide bonds. The number of nitrogens with one attached hydrogen (secondary N) is 1. The molecule has 0 aliphatic rings. The second-order valence-corrected chi connectivity index (χ2v) is 6.33. The summed E-state index contributed by atoms with van der Waals surface area (Å²) in [6.07, 6.45) is 4.91. The third-order valence-electron chi connectivity index (χ3n) is 3.59. The standard InChI is InChI=1S/C19H16BrN3O2/c1-13(14-8-10-21-11-9-14)23-19(24)15-2-7-18(22-12-15)25-17-5-3-16(20)4-6-17/h2-13H,1H3,(H,23,24)/t13-/m0/s1. The first-order valence-corrected chi connectivity index (χ1v) is 8.51. The molecule has 2 heterocycles. The van der Waals surface area contributed by atoms with Crippen molar-refractivity contribution in [2.24, 2.45) is 0 Å². The molecule has 0 radical (unpaired) electrons. The van der Waals surface area contributed by atoms with Gasteiger partial charge in [0.1, 0.15) is 5.75 Å². The van der Waals surface area contributed by atoms with Gasteiger partial charge in [0, 0.05) is 29.1 Å². The molecule has 1 aromatic carbocycles. The van der Waals surface area contributed by atoms with Crippen LogP contribution >= 0.6 is 15.9 Å². The molecule has 3 rings (SSSR count). The van der Waals surface area contributed by atoms with Crippen LogP contribution in [0.5, 0.6) is 11.6 Å². The van der Waals surface area contributed by atoms with Gasteiger partial charge in [-0.3, -0.25) is 9.78 Å². The SMILES string of the molecule is C[C@H](NC(=O)c1ccc(Oc2ccc(Br)cc2)nc1)c1ccncc1. The third kappa shape index (κ3) is 4.64. The van der Waals surface area contributed by atoms with Crippen LogP contribution in [0.4, 0.5) is 0 Å². The van der Waals surface area contributed by atoms with E-state index in [1.54, 1.807) is 24.5 Å². The number of nitrogens with zero attached hydrogens (tertiary/aromatic N) is 2. The van der Waals surface area contributed by atoms with Gasteiger partial charge < -0.3 is 10.1 Å². The molecule has 25 heavy (non-hydrogen) atoms. The summed E-state index contributed by atoms with van der Waals surface area (Å²) in [4.78, 5) is 20.5. The second kappa shape index (κ2) is 7.90. The molecule has 0 fully saturated rings. The average Bonchev–Trinajstić information content (AvgIpc) is 2.65. The molecule has 0 aliphatic heterocycles. The number of rotatable bonds is 5. The van der Waals surface area contributed by atoms with Crippen molar-refractivity contribution in [2.45, 2.75) is 13.0 Å². The van der Waals surface area contributed by atoms with Gasteiger partial charge in [0.2, 0.25) is 5.88 Å². The van der Waals surface area contributed by atoms with E-state index in [0.717, 1.165) is 10.0 Å². The van der Waals surface area contributed by atoms with Gasteiger partial charge in [-0.1, -0.05) is 15.9 Å². The number of carbonyl (C=O) groups is 1. The first-order chi connectivity index (χ1) is 12.1. The van der Waals surface area contributed by atoms with Crippen LogP contribution in [0.2, 0.25) is 0 Å². The Morgan fingerprint density at radius 3 is 2.44 bits per heavy atom. The maximum atomic E-state index is 12.3. The van der Waals surface area contributed by atoms with Gasteiger partial charge >= 0.3 is 0 Å². The third-order valence-corrected chi connectivity index (χ3v) is 4.12. The van der Waals surface area contributed by atoms with Crippen molar-refractivity contribution in [2.75, 3.05) is 0 Å². The van der Waals surface area contributed by atoms with Gasteiger partial charge in [0.25, 0.3) is 5.91 Å². The topological polar surface area (TPSA) is 64.1 Å². The van der Waals surface area contributed by atoms with Gasteiger partial charge in [-0.2, -0.15) is 0 Å². The highest BCUT2D eigenvalue weighted by Crippen LogP contribution is 2.22. The zero-order valence-corrected chi connectivity index (χ0v) is 15.1. The van der Waals surface area contributed by atoms with E-state index in [4.69, 9.17) is 4.74 Å². The molecule has 0 unspecified atom stereocenters. The van der Waals surface area contributed by atoms with Crippen molar-refractivity contribution in [3.05, 3.63) is 82.7 Å². The predicted molar refractivity (Wildman–Crippen MR) is 98.6 cm³/mol. The van der Waals surface area contributed by atoms with Crippen molar-refractivity contribution in [3.8, 4) is 11.6 Å². The van der Waals surface area contributed by atoms with Gasteiger partial charge in [-0.25, -0.2) is 4.98 Å². The van der Waals surface area contributed by atoms with E-state index < -0.39 is 0 Å². The minimum Gasteiger partial charge on any atom is -0.439 e. The van der Waals surface area contributed by atoms with Crippen LogP contribution in [0.3, 0.4) is 0 Å². The number of pyridine rings is 2. The smallest absolute Gasteiger partial charge is 0.253 e. The first kappa shape index (κ1) is 17.1. The Morgan fingerprint density at radius 1 is 1.08 bits per heavy atom. The quantitative estimate of drug-likeness (QED) is 0.686. The average molecular weight is 398 g/mol. The number of hydrogen-bond acceptors (Lipinski definition) is 4. The molecule has 2 aromatic heterocycles. The van der Waals surface area contributed by atoms with Gasteiger partial charge in [0.05, 0.1) is 11.6 Å². The fourth-order valence-corrected chi connectivity index (χ4v) is 2.48. The zero-order chi connectivity index (χ0) is 17.6. The van der Waals surface area contributed by atoms with Crippen molar-refractivity contribution >= 4 is 21.8 Å². The maximum absolute atomic E-state index is 12.3. The normalized spacial score (nSPS) is 11.6. The summed E-state index contributed by atoms with van der Waals surface area (Å²) < 4.78 is 6.62. The molecule has 1 atom stereocenters. The lowest BCUT2D eigenvalue weighted by atomic mass is 10.1. The molecular formula is C19H16BrN3O2. The fourth-order valence-electron chi connectivity index (χ4n) is 2.21. The highest BCUT2D eigenvalue weighted by molar-refractivity contribution is 9.10. The summed E-state index contributed by atoms with van der Waals surface area (Å²) in [7, 11) is 0. The number of amides is 1. The fraction of sp³-hybridized carbons (Fsp3) is 0.105. The van der Waals surface area contributed by atoms with Gasteiger partial charge in [-0.05, 0) is 55.0 Å². The summed E-state index contributed by atoms with van der Waals surface area (Å²) in [5, 5.41) is 2.94. The van der Waals surface area contributed by atoms with Crippen LogP contribution in [0.1, 0.15) is 28.9 Å². The number of benzene rings is 1. The molecule has 0 aliphatic carbocycles. The Morgan fingerprint density at radius 2 is 1.80 bits per heavy atom. The van der Waals surface area contributed by atoms with E-state index in [0.29, 0.717) is 17.2 Å². The van der Waals surface area contributed by atoms with E-state index >= 15 is 0 Å². The molecule has 1 N–H and O–H groups in total. The lowest BCUT2D eigenvalue weighted by Crippen LogP contribution is -2.26. The van der Waals surface area contributed by atoms with Crippen molar-refractivity contribution < 1.29 is 9.53 Å². The minimum absolute atomic E-state index is 0.116. The lowest BCUT2D eigenvalue weighted by molar-refractivity contribution is 0.0939. The lowest BCUT2D eigenvalue weighted by Gasteiger charge is -2.14. The number of aromatic nitrogens is 2. The summed E-state index contributed by atoms with van der Waals surface area (Å²) in [6, 6.07) is 14.4. The molecule has 126 valence electrons. The van der Waals surface area contributed by atoms with E-state index in [-0.39, 0.29) is 11.9 Å². The molecule has 5 nitrogen and oxygen atoms in total. The van der Waals surface area contributed by atoms with Crippen LogP contribution in [0.25, 0.3) is 0 Å². The van der Waals surface area contributed by atoms with Crippen LogP contribution in [0.15, 0.2) is 71.6 Å². The molecule has 0 bridgehead atoms. The van der Waals surface area contributed by atoms with Crippen LogP contribution in [-0.2, 0) is 0 Å². The number of carbonyl (C=O) groups excluding carboxylic acids is 1. The Bertz CT molecular complexity index is 837. The minimum atomic E-state index is -0.188. The molecule has 3 aromatic rings. The summed E-state index contributed by atoms with van der Waals surface area (Å²) in [5.41, 5.74) is 1.47. The van der Waals surface area contributed by atoms with E-state index in [9.17, 15) is 4.79 Å². The van der Waals surface area contributed by atoms with Crippen molar-refractivity contribution in [1.82, 2.24) is 15.3 Å². The number of halogens is 1. The largest absolute Gasteiger partial charge is 0.439 e. The second-order valence-electron chi connectivity index (χ2n) is 5.42. The molecule has 0 saturated carbocycles. The van der Waals surface area contributed by atoms with E-state index in [1.807, 2.05) is 43.3 Å². The molecule has 0 saturated heterocycles. The summed E-state index contributed by atoms with van der Waals surface area (Å²) in [6.45, 7) is 1.92. The predicted octanol–water partition coefficient (Wildman–Crippen LogP) is 4.52. The Hall–Kier alpha value is -2.73. The highest BCUT2D eigenvalue weighted by Gasteiger charge is 2.12. The Labute approximate surface area is 154 Å². The van der Waals surface area contributed by atoms with Gasteiger partial charge in [0.15, 0.2) is 0 Å². The van der Waals surface area contributed by atoms with Crippen molar-refractivity contribution in [3.63, 3.8) is 0 Å². The monoisotopic (exact) mass is 397 g/mol. The summed E-state index contributed by atoms with van der Waals surface area (Å²) in [5.74, 6) is 0.923. The first-order valence-electron chi connectivity index (χ1n) is 7.72. The van der Waals surface area contributed by atoms with Crippen LogP contribution < -0.4 is 10.1 Å². The number of ether oxygens (including phenoxy) is 1. The maximum Gasteiger partial charge on any atom is 0.253 e. The Balaban J connectivity index is 1.63. The molecule has 6 heteroatoms. The zero-order valence-electron chi connectivity index (χ0n) is 13.5. The highest BCUT2D eigenvalue weighted by atomic mass is 79.9. The molecular weight excluding hydrogens is 382 g/mol. The summed E-state index contributed by atoms with van der Waals surface area (Å²) >= 11 is 3.37. The van der Waals surface area contributed by atoms with Crippen LogP contribution in [0, 0.1) is 0 Å². The van der Waals surface area contributed by atoms with Crippen LogP contribution in [-0.4, -0.2) is 15.9 Å². The van der Waals surface area contributed by atoms with E-state index in [1.165, 1.54) is 6.20 Å². The van der Waals surface area contributed by atoms with Crippen molar-refractivity contribution in [1.29, 1.82) is 0 Å².